The third-order valence-corrected chi connectivity index (χ3v) is 5.12. The first-order valence-corrected chi connectivity index (χ1v) is 10.2. The summed E-state index contributed by atoms with van der Waals surface area (Å²) in [5, 5.41) is 0. The summed E-state index contributed by atoms with van der Waals surface area (Å²) in [6.07, 6.45) is 4.70. The summed E-state index contributed by atoms with van der Waals surface area (Å²) < 4.78 is 5.15. The van der Waals surface area contributed by atoms with Crippen LogP contribution in [-0.4, -0.2) is 66.9 Å². The van der Waals surface area contributed by atoms with Crippen LogP contribution in [0.15, 0.2) is 24.3 Å². The van der Waals surface area contributed by atoms with Crippen molar-refractivity contribution in [2.75, 3.05) is 45.3 Å². The third kappa shape index (κ3) is 6.27. The van der Waals surface area contributed by atoms with Crippen LogP contribution in [0, 0.1) is 0 Å². The van der Waals surface area contributed by atoms with Crippen LogP contribution >= 0.6 is 11.8 Å². The lowest BCUT2D eigenvalue weighted by molar-refractivity contribution is -0.133. The van der Waals surface area contributed by atoms with Crippen molar-refractivity contribution in [2.24, 2.45) is 0 Å². The predicted molar refractivity (Wildman–Crippen MR) is 102 cm³/mol. The maximum atomic E-state index is 12.5. The van der Waals surface area contributed by atoms with Crippen molar-refractivity contribution < 1.29 is 14.3 Å². The highest BCUT2D eigenvalue weighted by atomic mass is 32.2. The van der Waals surface area contributed by atoms with Gasteiger partial charge in [-0.15, -0.1) is 0 Å². The van der Waals surface area contributed by atoms with E-state index in [1.165, 1.54) is 0 Å². The fourth-order valence-electron chi connectivity index (χ4n) is 2.97. The first kappa shape index (κ1) is 19.6. The molecule has 2 amide bonds. The molecular formula is C19H28N2O3S. The molecule has 1 fully saturated rings. The summed E-state index contributed by atoms with van der Waals surface area (Å²) in [5.41, 5.74) is 1.14. The number of carbonyl (C=O) groups excluding carboxylic acids is 2. The van der Waals surface area contributed by atoms with Crippen molar-refractivity contribution in [3.05, 3.63) is 29.8 Å². The molecule has 2 rings (SSSR count). The summed E-state index contributed by atoms with van der Waals surface area (Å²) >= 11 is 1.69. The Kier molecular flexibility index (Phi) is 8.12. The van der Waals surface area contributed by atoms with Crippen LogP contribution in [-0.2, 0) is 16.0 Å². The van der Waals surface area contributed by atoms with Crippen LogP contribution in [0.25, 0.3) is 0 Å². The van der Waals surface area contributed by atoms with Crippen molar-refractivity contribution in [2.45, 2.75) is 25.7 Å². The van der Waals surface area contributed by atoms with E-state index >= 15 is 0 Å². The first-order chi connectivity index (χ1) is 12.1. The third-order valence-electron chi connectivity index (χ3n) is 4.51. The van der Waals surface area contributed by atoms with Gasteiger partial charge in [-0.1, -0.05) is 12.1 Å². The molecule has 1 aliphatic heterocycles. The van der Waals surface area contributed by atoms with Crippen LogP contribution in [0.2, 0.25) is 0 Å². The van der Waals surface area contributed by atoms with Crippen molar-refractivity contribution >= 4 is 23.6 Å². The van der Waals surface area contributed by atoms with Gasteiger partial charge < -0.3 is 14.5 Å². The van der Waals surface area contributed by atoms with Crippen molar-refractivity contribution in [3.8, 4) is 5.75 Å². The molecule has 0 N–H and O–H groups in total. The van der Waals surface area contributed by atoms with Gasteiger partial charge >= 0.3 is 0 Å². The number of ether oxygens (including phenoxy) is 1. The van der Waals surface area contributed by atoms with Gasteiger partial charge in [-0.25, -0.2) is 0 Å². The summed E-state index contributed by atoms with van der Waals surface area (Å²) in [7, 11) is 1.65. The Balaban J connectivity index is 1.78. The van der Waals surface area contributed by atoms with Gasteiger partial charge in [-0.2, -0.15) is 11.8 Å². The molecular weight excluding hydrogens is 336 g/mol. The van der Waals surface area contributed by atoms with Crippen molar-refractivity contribution in [1.82, 2.24) is 9.80 Å². The van der Waals surface area contributed by atoms with Crippen LogP contribution in [0.4, 0.5) is 0 Å². The summed E-state index contributed by atoms with van der Waals surface area (Å²) in [4.78, 5) is 28.5. The van der Waals surface area contributed by atoms with Crippen molar-refractivity contribution in [1.29, 1.82) is 0 Å². The lowest BCUT2D eigenvalue weighted by atomic mass is 10.1. The first-order valence-electron chi connectivity index (χ1n) is 8.81. The maximum Gasteiger partial charge on any atom is 0.223 e. The number of thioether (sulfide) groups is 1. The molecule has 25 heavy (non-hydrogen) atoms. The van der Waals surface area contributed by atoms with E-state index in [1.807, 2.05) is 40.3 Å². The van der Waals surface area contributed by atoms with Gasteiger partial charge in [0, 0.05) is 44.8 Å². The highest BCUT2D eigenvalue weighted by molar-refractivity contribution is 7.98. The van der Waals surface area contributed by atoms with Crippen LogP contribution < -0.4 is 4.74 Å². The summed E-state index contributed by atoms with van der Waals surface area (Å²) in [5.74, 6) is 2.07. The number of nitrogens with zero attached hydrogens (tertiary/aromatic N) is 2. The van der Waals surface area contributed by atoms with E-state index in [0.717, 1.165) is 43.0 Å². The van der Waals surface area contributed by atoms with Crippen LogP contribution in [0.5, 0.6) is 5.75 Å². The zero-order chi connectivity index (χ0) is 18.1. The lowest BCUT2D eigenvalue weighted by Crippen LogP contribution is -2.37. The van der Waals surface area contributed by atoms with Gasteiger partial charge in [0.1, 0.15) is 5.75 Å². The Labute approximate surface area is 154 Å². The van der Waals surface area contributed by atoms with Gasteiger partial charge in [-0.3, -0.25) is 9.59 Å². The molecule has 1 aliphatic rings. The minimum Gasteiger partial charge on any atom is -0.497 e. The molecule has 5 nitrogen and oxygen atoms in total. The van der Waals surface area contributed by atoms with E-state index in [4.69, 9.17) is 4.74 Å². The van der Waals surface area contributed by atoms with Gasteiger partial charge in [0.25, 0.3) is 0 Å². The molecule has 0 aromatic heterocycles. The predicted octanol–water partition coefficient (Wildman–Crippen LogP) is 2.44. The second kappa shape index (κ2) is 10.3. The maximum absolute atomic E-state index is 12.5. The zero-order valence-electron chi connectivity index (χ0n) is 15.2. The number of aryl methyl sites for hydroxylation is 1. The SMILES string of the molecule is COc1ccc(CCC(=O)N2CCCN(C(=O)CCSC)CC2)cc1. The largest absolute Gasteiger partial charge is 0.497 e. The molecule has 1 saturated heterocycles. The highest BCUT2D eigenvalue weighted by Crippen LogP contribution is 2.14. The molecule has 1 heterocycles. The second-order valence-corrected chi connectivity index (χ2v) is 7.19. The molecule has 0 atom stereocenters. The standard InChI is InChI=1S/C19H28N2O3S/c1-24-17-7-4-16(5-8-17)6-9-18(22)20-11-3-12-21(14-13-20)19(23)10-15-25-2/h4-5,7-8H,3,6,9-15H2,1-2H3. The average Bonchev–Trinajstić information content (AvgIpc) is 2.91. The Hall–Kier alpha value is -1.69. The smallest absolute Gasteiger partial charge is 0.223 e. The molecule has 138 valence electrons. The normalized spacial score (nSPS) is 15.0. The quantitative estimate of drug-likeness (QED) is 0.746. The number of hydrogen-bond acceptors (Lipinski definition) is 4. The van der Waals surface area contributed by atoms with E-state index in [-0.39, 0.29) is 11.8 Å². The number of methoxy groups -OCH3 is 1. The summed E-state index contributed by atoms with van der Waals surface area (Å²) in [6, 6.07) is 7.84. The molecule has 0 aliphatic carbocycles. The molecule has 0 unspecified atom stereocenters. The molecule has 1 aromatic carbocycles. The fraction of sp³-hybridized carbons (Fsp3) is 0.579. The molecule has 1 aromatic rings. The fourth-order valence-corrected chi connectivity index (χ4v) is 3.34. The monoisotopic (exact) mass is 364 g/mol. The number of benzene rings is 1. The lowest BCUT2D eigenvalue weighted by Gasteiger charge is -2.22. The molecule has 0 spiro atoms. The topological polar surface area (TPSA) is 49.9 Å². The molecule has 0 radical (unpaired) electrons. The minimum absolute atomic E-state index is 0.175. The highest BCUT2D eigenvalue weighted by Gasteiger charge is 2.21. The van der Waals surface area contributed by atoms with Crippen LogP contribution in [0.1, 0.15) is 24.8 Å². The Morgan fingerprint density at radius 2 is 1.60 bits per heavy atom. The second-order valence-electron chi connectivity index (χ2n) is 6.21. The van der Waals surface area contributed by atoms with E-state index in [1.54, 1.807) is 18.9 Å². The van der Waals surface area contributed by atoms with Gasteiger partial charge in [0.05, 0.1) is 7.11 Å². The Morgan fingerprint density at radius 3 is 2.16 bits per heavy atom. The van der Waals surface area contributed by atoms with Gasteiger partial charge in [0.15, 0.2) is 0 Å². The molecule has 0 bridgehead atoms. The van der Waals surface area contributed by atoms with Gasteiger partial charge in [-0.05, 0) is 36.8 Å². The van der Waals surface area contributed by atoms with E-state index < -0.39 is 0 Å². The molecule has 6 heteroatoms. The van der Waals surface area contributed by atoms with Crippen molar-refractivity contribution in [3.63, 3.8) is 0 Å². The van der Waals surface area contributed by atoms with E-state index in [9.17, 15) is 9.59 Å². The van der Waals surface area contributed by atoms with E-state index in [2.05, 4.69) is 0 Å². The Bertz CT molecular complexity index is 562. The van der Waals surface area contributed by atoms with E-state index in [0.29, 0.717) is 25.9 Å². The zero-order valence-corrected chi connectivity index (χ0v) is 16.0. The average molecular weight is 365 g/mol. The number of hydrogen-bond donors (Lipinski definition) is 0. The minimum atomic E-state index is 0.175. The van der Waals surface area contributed by atoms with Gasteiger partial charge in [0.2, 0.25) is 11.8 Å². The molecule has 0 saturated carbocycles. The number of rotatable bonds is 7. The Morgan fingerprint density at radius 1 is 1.00 bits per heavy atom. The number of amides is 2. The number of carbonyl (C=O) groups is 2. The van der Waals surface area contributed by atoms with Crippen LogP contribution in [0.3, 0.4) is 0 Å². The summed E-state index contributed by atoms with van der Waals surface area (Å²) in [6.45, 7) is 2.80.